The van der Waals surface area contributed by atoms with Crippen LogP contribution in [-0.4, -0.2) is 56.1 Å². The number of anilines is 3. The monoisotopic (exact) mass is 600 g/mol. The van der Waals surface area contributed by atoms with Crippen molar-refractivity contribution in [2.45, 2.75) is 65.0 Å². The minimum Gasteiger partial charge on any atom is -0.380 e. The molecule has 0 aromatic heterocycles. The van der Waals surface area contributed by atoms with Crippen molar-refractivity contribution in [2.24, 2.45) is 5.92 Å². The Bertz CT molecular complexity index is 1430. The molecule has 1 unspecified atom stereocenters. The van der Waals surface area contributed by atoms with Gasteiger partial charge in [-0.25, -0.2) is 4.39 Å². The van der Waals surface area contributed by atoms with E-state index in [4.69, 9.17) is 4.74 Å². The van der Waals surface area contributed by atoms with Crippen LogP contribution in [0.3, 0.4) is 0 Å². The van der Waals surface area contributed by atoms with E-state index in [-0.39, 0.29) is 23.4 Å². The summed E-state index contributed by atoms with van der Waals surface area (Å²) in [5.41, 5.74) is 5.41. The topological polar surface area (TPSA) is 73.9 Å². The fourth-order valence-corrected chi connectivity index (χ4v) is 6.47. The highest BCUT2D eigenvalue weighted by atomic mass is 19.1. The summed E-state index contributed by atoms with van der Waals surface area (Å²) in [6, 6.07) is 18.3. The zero-order valence-electron chi connectivity index (χ0n) is 26.4. The number of carbonyl (C=O) groups excluding carboxylic acids is 2. The van der Waals surface area contributed by atoms with Gasteiger partial charge in [0.25, 0.3) is 5.91 Å². The number of likely N-dealkylation sites (tertiary alicyclic amines) is 1. The van der Waals surface area contributed by atoms with Crippen molar-refractivity contribution >= 4 is 28.9 Å². The van der Waals surface area contributed by atoms with Crippen molar-refractivity contribution in [1.29, 1.82) is 0 Å². The Kier molecular flexibility index (Phi) is 10.2. The number of nitrogens with one attached hydrogen (secondary N) is 2. The SMILES string of the molecule is CCCCN(C)c1cc(NC(=O)[C@H]2CCCN(C(=O)c3c(C)cccc3F)[C@H]2c2ccc(NC3CCOC3)cc2)ccc1C. The van der Waals surface area contributed by atoms with Crippen LogP contribution in [0.4, 0.5) is 21.5 Å². The first-order valence-corrected chi connectivity index (χ1v) is 15.9. The van der Waals surface area contributed by atoms with Crippen molar-refractivity contribution in [3.05, 3.63) is 88.7 Å². The molecule has 2 heterocycles. The normalized spacial score (nSPS) is 19.9. The van der Waals surface area contributed by atoms with Gasteiger partial charge in [0, 0.05) is 43.8 Å². The third-order valence-corrected chi connectivity index (χ3v) is 8.95. The molecule has 0 aliphatic carbocycles. The van der Waals surface area contributed by atoms with Gasteiger partial charge in [0.15, 0.2) is 0 Å². The number of rotatable bonds is 10. The number of aryl methyl sites for hydroxylation is 2. The summed E-state index contributed by atoms with van der Waals surface area (Å²) in [6.07, 6.45) is 4.41. The molecule has 3 aromatic rings. The van der Waals surface area contributed by atoms with Gasteiger partial charge in [0.05, 0.1) is 30.2 Å². The molecule has 7 nitrogen and oxygen atoms in total. The minimum atomic E-state index is -0.545. The quantitative estimate of drug-likeness (QED) is 0.259. The lowest BCUT2D eigenvalue weighted by atomic mass is 9.83. The van der Waals surface area contributed by atoms with Crippen molar-refractivity contribution in [2.75, 3.05) is 48.9 Å². The fraction of sp³-hybridized carbons (Fsp3) is 0.444. The summed E-state index contributed by atoms with van der Waals surface area (Å²) in [5.74, 6) is -1.58. The predicted molar refractivity (Wildman–Crippen MR) is 175 cm³/mol. The summed E-state index contributed by atoms with van der Waals surface area (Å²) < 4.78 is 20.5. The maximum atomic E-state index is 15.0. The molecule has 8 heteroatoms. The average Bonchev–Trinajstić information content (AvgIpc) is 3.53. The average molecular weight is 601 g/mol. The number of amides is 2. The van der Waals surface area contributed by atoms with Crippen LogP contribution in [0.5, 0.6) is 0 Å². The van der Waals surface area contributed by atoms with Gasteiger partial charge in [-0.05, 0) is 86.6 Å². The van der Waals surface area contributed by atoms with Gasteiger partial charge < -0.3 is 25.2 Å². The van der Waals surface area contributed by atoms with Crippen LogP contribution in [-0.2, 0) is 9.53 Å². The summed E-state index contributed by atoms with van der Waals surface area (Å²) >= 11 is 0. The van der Waals surface area contributed by atoms with E-state index in [1.807, 2.05) is 42.5 Å². The third-order valence-electron chi connectivity index (χ3n) is 8.95. The number of halogens is 1. The zero-order valence-corrected chi connectivity index (χ0v) is 26.4. The van der Waals surface area contributed by atoms with Crippen LogP contribution < -0.4 is 15.5 Å². The lowest BCUT2D eigenvalue weighted by Crippen LogP contribution is -2.46. The zero-order chi connectivity index (χ0) is 31.2. The van der Waals surface area contributed by atoms with Gasteiger partial charge in [-0.15, -0.1) is 0 Å². The van der Waals surface area contributed by atoms with Crippen LogP contribution in [0.1, 0.15) is 72.1 Å². The van der Waals surface area contributed by atoms with Crippen LogP contribution in [0.15, 0.2) is 60.7 Å². The highest BCUT2D eigenvalue weighted by Gasteiger charge is 2.40. The minimum absolute atomic E-state index is 0.0661. The maximum Gasteiger partial charge on any atom is 0.257 e. The molecule has 5 rings (SSSR count). The molecular formula is C36H45FN4O3. The first-order valence-electron chi connectivity index (χ1n) is 15.9. The summed E-state index contributed by atoms with van der Waals surface area (Å²) in [5, 5.41) is 6.67. The van der Waals surface area contributed by atoms with Crippen molar-refractivity contribution in [1.82, 2.24) is 4.90 Å². The molecule has 2 N–H and O–H groups in total. The largest absolute Gasteiger partial charge is 0.380 e. The number of ether oxygens (including phenoxy) is 1. The van der Waals surface area contributed by atoms with E-state index < -0.39 is 17.8 Å². The van der Waals surface area contributed by atoms with Crippen LogP contribution >= 0.6 is 0 Å². The van der Waals surface area contributed by atoms with E-state index in [9.17, 15) is 9.59 Å². The van der Waals surface area contributed by atoms with Gasteiger partial charge >= 0.3 is 0 Å². The summed E-state index contributed by atoms with van der Waals surface area (Å²) in [4.78, 5) is 32.0. The maximum absolute atomic E-state index is 15.0. The molecule has 3 aromatic carbocycles. The number of unbranched alkanes of at least 4 members (excludes halogenated alkanes) is 1. The van der Waals surface area contributed by atoms with Crippen molar-refractivity contribution < 1.29 is 18.7 Å². The number of benzene rings is 3. The van der Waals surface area contributed by atoms with E-state index in [0.717, 1.165) is 60.6 Å². The highest BCUT2D eigenvalue weighted by Crippen LogP contribution is 2.39. The molecule has 2 fully saturated rings. The number of hydrogen-bond donors (Lipinski definition) is 2. The van der Waals surface area contributed by atoms with E-state index in [1.165, 1.54) is 6.07 Å². The van der Waals surface area contributed by atoms with E-state index >= 15 is 4.39 Å². The molecule has 234 valence electrons. The Balaban J connectivity index is 1.45. The number of nitrogens with zero attached hydrogens (tertiary/aromatic N) is 2. The van der Waals surface area contributed by atoms with Gasteiger partial charge in [-0.3, -0.25) is 9.59 Å². The second-order valence-electron chi connectivity index (χ2n) is 12.2. The number of hydrogen-bond acceptors (Lipinski definition) is 5. The summed E-state index contributed by atoms with van der Waals surface area (Å²) in [7, 11) is 2.08. The Morgan fingerprint density at radius 2 is 1.80 bits per heavy atom. The molecule has 3 atom stereocenters. The summed E-state index contributed by atoms with van der Waals surface area (Å²) in [6.45, 7) is 8.80. The van der Waals surface area contributed by atoms with Crippen LogP contribution in [0.2, 0.25) is 0 Å². The molecule has 2 saturated heterocycles. The van der Waals surface area contributed by atoms with E-state index in [2.05, 4.69) is 36.4 Å². The van der Waals surface area contributed by atoms with Crippen molar-refractivity contribution in [3.63, 3.8) is 0 Å². The van der Waals surface area contributed by atoms with Gasteiger partial charge in [-0.2, -0.15) is 0 Å². The molecule has 2 amide bonds. The molecular weight excluding hydrogens is 555 g/mol. The number of piperidine rings is 1. The predicted octanol–water partition coefficient (Wildman–Crippen LogP) is 7.11. The standard InChI is InChI=1S/C36H45FN4O3/c1-5-6-19-40(4)32-22-28(15-12-24(32)2)39-35(42)30-10-8-20-41(36(43)33-25(3)9-7-11-31(33)37)34(30)26-13-16-27(17-14-26)38-29-18-21-44-23-29/h7,9,11-17,22,29-30,34,38H,5-6,8,10,18-21,23H2,1-4H3,(H,39,42)/t29?,30-,34-/m0/s1. The molecule has 0 radical (unpaired) electrons. The van der Waals surface area contributed by atoms with E-state index in [1.54, 1.807) is 24.0 Å². The first-order chi connectivity index (χ1) is 21.3. The third kappa shape index (κ3) is 7.07. The van der Waals surface area contributed by atoms with Gasteiger partial charge in [-0.1, -0.05) is 43.7 Å². The van der Waals surface area contributed by atoms with E-state index in [0.29, 0.717) is 31.6 Å². The fourth-order valence-electron chi connectivity index (χ4n) is 6.47. The lowest BCUT2D eigenvalue weighted by molar-refractivity contribution is -0.123. The second-order valence-corrected chi connectivity index (χ2v) is 12.2. The Labute approximate surface area is 260 Å². The second kappa shape index (κ2) is 14.2. The highest BCUT2D eigenvalue weighted by molar-refractivity contribution is 5.98. The Hall–Kier alpha value is -3.91. The molecule has 0 spiro atoms. The molecule has 2 aliphatic heterocycles. The van der Waals surface area contributed by atoms with Crippen LogP contribution in [0, 0.1) is 25.6 Å². The smallest absolute Gasteiger partial charge is 0.257 e. The van der Waals surface area contributed by atoms with Gasteiger partial charge in [0.2, 0.25) is 5.91 Å². The Morgan fingerprint density at radius 3 is 2.50 bits per heavy atom. The first kappa shape index (κ1) is 31.5. The number of carbonyl (C=O) groups is 2. The van der Waals surface area contributed by atoms with Crippen molar-refractivity contribution in [3.8, 4) is 0 Å². The molecule has 2 aliphatic rings. The Morgan fingerprint density at radius 1 is 1.02 bits per heavy atom. The lowest BCUT2D eigenvalue weighted by Gasteiger charge is -2.41. The van der Waals surface area contributed by atoms with Gasteiger partial charge in [0.1, 0.15) is 5.82 Å². The molecule has 0 bridgehead atoms. The van der Waals surface area contributed by atoms with Crippen LogP contribution in [0.25, 0.3) is 0 Å². The molecule has 0 saturated carbocycles. The molecule has 44 heavy (non-hydrogen) atoms.